The van der Waals surface area contributed by atoms with Gasteiger partial charge in [-0.1, -0.05) is 11.6 Å². The summed E-state index contributed by atoms with van der Waals surface area (Å²) in [6, 6.07) is 9.64. The van der Waals surface area contributed by atoms with Gasteiger partial charge in [0.05, 0.1) is 5.69 Å². The average molecular weight is 449 g/mol. The first-order valence-electron chi connectivity index (χ1n) is 10.4. The Labute approximate surface area is 185 Å². The predicted molar refractivity (Wildman–Crippen MR) is 116 cm³/mol. The fourth-order valence-electron chi connectivity index (χ4n) is 4.27. The van der Waals surface area contributed by atoms with Crippen LogP contribution in [0.5, 0.6) is 11.5 Å². The monoisotopic (exact) mass is 448 g/mol. The standard InChI is InChI=1S/C23H26ClFN2O4/c1-15(28)26-20-4-3-18(25)11-22(20)30-14-19(29)13-27-8-6-23(7-9-27)12-16-10-17(24)2-5-21(16)31-23/h2-5,10-11,19,29H,6-9,12-14H2,1H3,(H,26,28)/t19-/m0/s1. The number of carbonyl (C=O) groups excluding carboxylic acids is 1. The van der Waals surface area contributed by atoms with Crippen LogP contribution in [0.2, 0.25) is 5.02 Å². The van der Waals surface area contributed by atoms with E-state index in [9.17, 15) is 14.3 Å². The zero-order chi connectivity index (χ0) is 22.0. The molecule has 0 aromatic heterocycles. The van der Waals surface area contributed by atoms with Crippen molar-refractivity contribution in [1.29, 1.82) is 0 Å². The lowest BCUT2D eigenvalue weighted by Gasteiger charge is -2.39. The van der Waals surface area contributed by atoms with Crippen LogP contribution in [-0.2, 0) is 11.2 Å². The van der Waals surface area contributed by atoms with Gasteiger partial charge in [0.2, 0.25) is 5.91 Å². The largest absolute Gasteiger partial charge is 0.489 e. The predicted octanol–water partition coefficient (Wildman–Crippen LogP) is 3.65. The number of rotatable bonds is 6. The molecule has 0 radical (unpaired) electrons. The molecular weight excluding hydrogens is 423 g/mol. The molecule has 2 aromatic rings. The maximum absolute atomic E-state index is 13.6. The van der Waals surface area contributed by atoms with E-state index in [0.717, 1.165) is 48.7 Å². The third kappa shape index (κ3) is 5.29. The van der Waals surface area contributed by atoms with Gasteiger partial charge in [-0.2, -0.15) is 0 Å². The molecule has 0 bridgehead atoms. The summed E-state index contributed by atoms with van der Waals surface area (Å²) in [5, 5.41) is 13.8. The molecular formula is C23H26ClFN2O4. The number of fused-ring (bicyclic) bond motifs is 1. The molecule has 2 aromatic carbocycles. The second kappa shape index (κ2) is 9.02. The Morgan fingerprint density at radius 2 is 2.10 bits per heavy atom. The van der Waals surface area contributed by atoms with Crippen LogP contribution in [0.15, 0.2) is 36.4 Å². The van der Waals surface area contributed by atoms with E-state index in [1.54, 1.807) is 0 Å². The molecule has 2 aliphatic rings. The van der Waals surface area contributed by atoms with Gasteiger partial charge in [-0.05, 0) is 35.9 Å². The highest BCUT2D eigenvalue weighted by molar-refractivity contribution is 6.30. The number of hydrogen-bond acceptors (Lipinski definition) is 5. The second-order valence-electron chi connectivity index (χ2n) is 8.30. The first-order valence-corrected chi connectivity index (χ1v) is 10.8. The lowest BCUT2D eigenvalue weighted by molar-refractivity contribution is -0.114. The van der Waals surface area contributed by atoms with Crippen LogP contribution >= 0.6 is 11.6 Å². The van der Waals surface area contributed by atoms with Crippen LogP contribution < -0.4 is 14.8 Å². The smallest absolute Gasteiger partial charge is 0.221 e. The second-order valence-corrected chi connectivity index (χ2v) is 8.74. The number of amides is 1. The summed E-state index contributed by atoms with van der Waals surface area (Å²) >= 11 is 6.10. The Balaban J connectivity index is 1.27. The van der Waals surface area contributed by atoms with Crippen LogP contribution in [0.3, 0.4) is 0 Å². The normalized spacial score (nSPS) is 18.3. The van der Waals surface area contributed by atoms with Gasteiger partial charge >= 0.3 is 0 Å². The highest BCUT2D eigenvalue weighted by Gasteiger charge is 2.42. The Bertz CT molecular complexity index is 963. The lowest BCUT2D eigenvalue weighted by atomic mass is 9.87. The Hall–Kier alpha value is -2.35. The van der Waals surface area contributed by atoms with Crippen LogP contribution in [0, 0.1) is 5.82 Å². The van der Waals surface area contributed by atoms with Gasteiger partial charge in [0.15, 0.2) is 0 Å². The van der Waals surface area contributed by atoms with Crippen molar-refractivity contribution in [3.8, 4) is 11.5 Å². The van der Waals surface area contributed by atoms with E-state index in [-0.39, 0.29) is 23.9 Å². The zero-order valence-corrected chi connectivity index (χ0v) is 18.1. The van der Waals surface area contributed by atoms with Gasteiger partial charge in [-0.15, -0.1) is 0 Å². The van der Waals surface area contributed by atoms with E-state index in [1.165, 1.54) is 25.1 Å². The molecule has 1 atom stereocenters. The summed E-state index contributed by atoms with van der Waals surface area (Å²) in [6.07, 6.45) is 1.84. The Kier molecular flexibility index (Phi) is 6.36. The maximum Gasteiger partial charge on any atom is 0.221 e. The van der Waals surface area contributed by atoms with E-state index in [1.807, 2.05) is 18.2 Å². The molecule has 6 nitrogen and oxygen atoms in total. The summed E-state index contributed by atoms with van der Waals surface area (Å²) in [6.45, 7) is 3.41. The number of aliphatic hydroxyl groups is 1. The van der Waals surface area contributed by atoms with Crippen LogP contribution in [0.4, 0.5) is 10.1 Å². The highest BCUT2D eigenvalue weighted by Crippen LogP contribution is 2.41. The number of anilines is 1. The molecule has 31 heavy (non-hydrogen) atoms. The molecule has 0 aliphatic carbocycles. The number of piperidine rings is 1. The molecule has 0 saturated carbocycles. The fourth-order valence-corrected chi connectivity index (χ4v) is 4.46. The van der Waals surface area contributed by atoms with E-state index in [0.29, 0.717) is 12.2 Å². The number of likely N-dealkylation sites (tertiary alicyclic amines) is 1. The molecule has 1 amide bonds. The van der Waals surface area contributed by atoms with Gasteiger partial charge in [0.25, 0.3) is 0 Å². The molecule has 2 N–H and O–H groups in total. The lowest BCUT2D eigenvalue weighted by Crippen LogP contribution is -2.49. The van der Waals surface area contributed by atoms with E-state index in [4.69, 9.17) is 21.1 Å². The molecule has 2 aliphatic heterocycles. The minimum atomic E-state index is -0.747. The number of halogens is 2. The third-order valence-electron chi connectivity index (χ3n) is 5.78. The summed E-state index contributed by atoms with van der Waals surface area (Å²) in [4.78, 5) is 13.5. The molecule has 0 unspecified atom stereocenters. The summed E-state index contributed by atoms with van der Waals surface area (Å²) < 4.78 is 25.4. The van der Waals surface area contributed by atoms with Crippen molar-refractivity contribution in [3.05, 3.63) is 52.8 Å². The van der Waals surface area contributed by atoms with Gasteiger partial charge in [-0.25, -0.2) is 4.39 Å². The highest BCUT2D eigenvalue weighted by atomic mass is 35.5. The number of ether oxygens (including phenoxy) is 2. The molecule has 8 heteroatoms. The van der Waals surface area contributed by atoms with Crippen LogP contribution in [0.25, 0.3) is 0 Å². The number of benzene rings is 2. The van der Waals surface area contributed by atoms with Gasteiger partial charge in [0.1, 0.15) is 35.6 Å². The quantitative estimate of drug-likeness (QED) is 0.706. The van der Waals surface area contributed by atoms with Crippen molar-refractivity contribution in [3.63, 3.8) is 0 Å². The summed E-state index contributed by atoms with van der Waals surface area (Å²) in [7, 11) is 0. The van der Waals surface area contributed by atoms with Crippen molar-refractivity contribution >= 4 is 23.2 Å². The van der Waals surface area contributed by atoms with E-state index >= 15 is 0 Å². The average Bonchev–Trinajstić information content (AvgIpc) is 3.06. The van der Waals surface area contributed by atoms with E-state index in [2.05, 4.69) is 10.2 Å². The third-order valence-corrected chi connectivity index (χ3v) is 6.02. The Morgan fingerprint density at radius 3 is 2.84 bits per heavy atom. The van der Waals surface area contributed by atoms with Gasteiger partial charge < -0.3 is 24.8 Å². The number of aliphatic hydroxyl groups excluding tert-OH is 1. The minimum Gasteiger partial charge on any atom is -0.489 e. The molecule has 2 heterocycles. The molecule has 1 spiro atoms. The van der Waals surface area contributed by atoms with Crippen LogP contribution in [-0.4, -0.2) is 53.9 Å². The number of nitrogens with one attached hydrogen (secondary N) is 1. The number of β-amino-alcohol motifs (C(OH)–C–C–N with tert-alkyl or cyclic N) is 1. The number of nitrogens with zero attached hydrogens (tertiary/aromatic N) is 1. The topological polar surface area (TPSA) is 71.0 Å². The first-order chi connectivity index (χ1) is 14.8. The summed E-state index contributed by atoms with van der Waals surface area (Å²) in [5.74, 6) is 0.357. The van der Waals surface area contributed by atoms with Crippen molar-refractivity contribution in [2.75, 3.05) is 31.6 Å². The van der Waals surface area contributed by atoms with Gasteiger partial charge in [-0.3, -0.25) is 4.79 Å². The summed E-state index contributed by atoms with van der Waals surface area (Å²) in [5.41, 5.74) is 1.33. The number of hydrogen-bond donors (Lipinski definition) is 2. The SMILES string of the molecule is CC(=O)Nc1ccc(F)cc1OC[C@@H](O)CN1CCC2(CC1)Cc1cc(Cl)ccc1O2. The minimum absolute atomic E-state index is 0.00186. The van der Waals surface area contributed by atoms with Gasteiger partial charge in [0, 0.05) is 56.9 Å². The van der Waals surface area contributed by atoms with Crippen molar-refractivity contribution in [2.45, 2.75) is 37.9 Å². The first kappa shape index (κ1) is 21.9. The Morgan fingerprint density at radius 1 is 1.32 bits per heavy atom. The fraction of sp³-hybridized carbons (Fsp3) is 0.435. The molecule has 1 fully saturated rings. The van der Waals surface area contributed by atoms with E-state index < -0.39 is 11.9 Å². The van der Waals surface area contributed by atoms with Crippen LogP contribution in [0.1, 0.15) is 25.3 Å². The van der Waals surface area contributed by atoms with Crippen molar-refractivity contribution in [2.24, 2.45) is 0 Å². The molecule has 4 rings (SSSR count). The zero-order valence-electron chi connectivity index (χ0n) is 17.4. The number of carbonyl (C=O) groups is 1. The maximum atomic E-state index is 13.6. The molecule has 166 valence electrons. The van der Waals surface area contributed by atoms with Crippen molar-refractivity contribution in [1.82, 2.24) is 4.90 Å². The molecule has 1 saturated heterocycles. The van der Waals surface area contributed by atoms with Crippen molar-refractivity contribution < 1.29 is 23.8 Å².